The molecule has 0 aromatic heterocycles. The van der Waals surface area contributed by atoms with Crippen molar-refractivity contribution in [2.75, 3.05) is 27.9 Å². The van der Waals surface area contributed by atoms with E-state index >= 15 is 0 Å². The molecular weight excluding hydrogens is 320 g/mol. The maximum atomic E-state index is 12.4. The van der Waals surface area contributed by atoms with Crippen molar-refractivity contribution in [2.24, 2.45) is 5.73 Å². The first kappa shape index (κ1) is 21.3. The molecule has 0 saturated carbocycles. The Balaban J connectivity index is 0.00000484. The van der Waals surface area contributed by atoms with Gasteiger partial charge in [-0.15, -0.1) is 12.4 Å². The molecule has 0 aliphatic heterocycles. The van der Waals surface area contributed by atoms with Gasteiger partial charge in [0.05, 0.1) is 26.9 Å². The van der Waals surface area contributed by atoms with E-state index in [1.165, 1.54) is 21.3 Å². The molecule has 132 valence electrons. The fraction of sp³-hybridized carbons (Fsp3) is 0.562. The number of hydrogen-bond acceptors (Lipinski definition) is 5. The Kier molecular flexibility index (Phi) is 8.79. The van der Waals surface area contributed by atoms with Crippen LogP contribution in [0.5, 0.6) is 17.2 Å². The first-order chi connectivity index (χ1) is 10.4. The van der Waals surface area contributed by atoms with Crippen LogP contribution in [0.1, 0.15) is 37.0 Å². The molecule has 0 aliphatic rings. The van der Waals surface area contributed by atoms with E-state index in [9.17, 15) is 4.79 Å². The number of carbonyl (C=O) groups excluding carboxylic acids is 1. The van der Waals surface area contributed by atoms with Gasteiger partial charge < -0.3 is 25.3 Å². The number of ether oxygens (including phenoxy) is 3. The number of amides is 1. The normalized spacial score (nSPS) is 10.5. The van der Waals surface area contributed by atoms with Crippen LogP contribution in [0.3, 0.4) is 0 Å². The van der Waals surface area contributed by atoms with Crippen molar-refractivity contribution in [3.8, 4) is 17.2 Å². The van der Waals surface area contributed by atoms with Crippen LogP contribution in [0.25, 0.3) is 0 Å². The van der Waals surface area contributed by atoms with Crippen molar-refractivity contribution < 1.29 is 19.0 Å². The lowest BCUT2D eigenvalue weighted by Gasteiger charge is -2.27. The van der Waals surface area contributed by atoms with Gasteiger partial charge in [0.1, 0.15) is 5.75 Å². The molecule has 0 unspecified atom stereocenters. The summed E-state index contributed by atoms with van der Waals surface area (Å²) in [5.74, 6) is 1.14. The summed E-state index contributed by atoms with van der Waals surface area (Å²) in [4.78, 5) is 12.4. The predicted octanol–water partition coefficient (Wildman–Crippen LogP) is 2.38. The summed E-state index contributed by atoms with van der Waals surface area (Å²) in [6, 6.07) is 3.23. The van der Waals surface area contributed by atoms with Crippen LogP contribution in [0.2, 0.25) is 0 Å². The molecule has 0 atom stereocenters. The Bertz CT molecular complexity index is 519. The minimum atomic E-state index is -0.403. The Morgan fingerprint density at radius 3 is 1.96 bits per heavy atom. The number of benzene rings is 1. The zero-order valence-corrected chi connectivity index (χ0v) is 15.2. The molecule has 1 aromatic carbocycles. The average Bonchev–Trinajstić information content (AvgIpc) is 2.57. The summed E-state index contributed by atoms with van der Waals surface area (Å²) in [6.07, 6.45) is 1.57. The van der Waals surface area contributed by atoms with Crippen LogP contribution >= 0.6 is 12.4 Å². The summed E-state index contributed by atoms with van der Waals surface area (Å²) >= 11 is 0. The Hall–Kier alpha value is -1.66. The van der Waals surface area contributed by atoms with Crippen molar-refractivity contribution in [3.05, 3.63) is 17.7 Å². The van der Waals surface area contributed by atoms with Crippen LogP contribution in [0, 0.1) is 0 Å². The summed E-state index contributed by atoms with van der Waals surface area (Å²) < 4.78 is 15.7. The smallest absolute Gasteiger partial charge is 0.255 e. The Morgan fingerprint density at radius 2 is 1.52 bits per heavy atom. The van der Waals surface area contributed by atoms with Crippen LogP contribution < -0.4 is 25.3 Å². The number of methoxy groups -OCH3 is 3. The van der Waals surface area contributed by atoms with E-state index in [1.807, 2.05) is 13.8 Å². The molecule has 1 aromatic rings. The molecule has 0 bridgehead atoms. The van der Waals surface area contributed by atoms with Gasteiger partial charge >= 0.3 is 0 Å². The van der Waals surface area contributed by atoms with Gasteiger partial charge in [-0.05, 0) is 12.8 Å². The molecule has 1 rings (SSSR count). The van der Waals surface area contributed by atoms with E-state index in [0.717, 1.165) is 12.8 Å². The highest BCUT2D eigenvalue weighted by molar-refractivity contribution is 5.97. The van der Waals surface area contributed by atoms with Gasteiger partial charge in [-0.3, -0.25) is 4.79 Å². The summed E-state index contributed by atoms with van der Waals surface area (Å²) in [5.41, 5.74) is 6.19. The van der Waals surface area contributed by atoms with Crippen molar-refractivity contribution in [2.45, 2.75) is 32.2 Å². The summed E-state index contributed by atoms with van der Waals surface area (Å²) in [6.45, 7) is 4.41. The van der Waals surface area contributed by atoms with E-state index in [2.05, 4.69) is 5.32 Å². The van der Waals surface area contributed by atoms with Crippen LogP contribution in [0.4, 0.5) is 0 Å². The molecule has 0 saturated heterocycles. The lowest BCUT2D eigenvalue weighted by molar-refractivity contribution is 0.0938. The number of nitrogens with one attached hydrogen (secondary N) is 1. The maximum absolute atomic E-state index is 12.4. The number of halogens is 1. The zero-order valence-electron chi connectivity index (χ0n) is 14.4. The Morgan fingerprint density at radius 1 is 1.04 bits per heavy atom. The first-order valence-electron chi connectivity index (χ1n) is 7.31. The molecule has 0 spiro atoms. The monoisotopic (exact) mass is 346 g/mol. The quantitative estimate of drug-likeness (QED) is 0.755. The van der Waals surface area contributed by atoms with Crippen molar-refractivity contribution in [3.63, 3.8) is 0 Å². The van der Waals surface area contributed by atoms with Gasteiger partial charge in [-0.2, -0.15) is 0 Å². The molecule has 7 heteroatoms. The van der Waals surface area contributed by atoms with Gasteiger partial charge in [-0.1, -0.05) is 13.8 Å². The molecule has 0 aliphatic carbocycles. The second-order valence-electron chi connectivity index (χ2n) is 5.16. The highest BCUT2D eigenvalue weighted by Gasteiger charge is 2.23. The number of rotatable bonds is 8. The van der Waals surface area contributed by atoms with E-state index in [0.29, 0.717) is 29.4 Å². The van der Waals surface area contributed by atoms with Gasteiger partial charge in [0.15, 0.2) is 11.5 Å². The highest BCUT2D eigenvalue weighted by atomic mass is 35.5. The molecule has 0 radical (unpaired) electrons. The predicted molar refractivity (Wildman–Crippen MR) is 93.2 cm³/mol. The molecule has 6 nitrogen and oxygen atoms in total. The number of nitrogens with two attached hydrogens (primary N) is 1. The topological polar surface area (TPSA) is 82.8 Å². The second-order valence-corrected chi connectivity index (χ2v) is 5.16. The van der Waals surface area contributed by atoms with Crippen molar-refractivity contribution in [1.29, 1.82) is 0 Å². The molecular formula is C16H27ClN2O4. The van der Waals surface area contributed by atoms with Gasteiger partial charge in [-0.25, -0.2) is 0 Å². The minimum absolute atomic E-state index is 0. The lowest BCUT2D eigenvalue weighted by atomic mass is 9.94. The molecule has 3 N–H and O–H groups in total. The third kappa shape index (κ3) is 5.18. The van der Waals surface area contributed by atoms with Gasteiger partial charge in [0, 0.05) is 24.2 Å². The fourth-order valence-corrected chi connectivity index (χ4v) is 2.06. The average molecular weight is 347 g/mol. The van der Waals surface area contributed by atoms with Crippen LogP contribution in [-0.4, -0.2) is 39.3 Å². The number of carbonyl (C=O) groups is 1. The van der Waals surface area contributed by atoms with E-state index in [-0.39, 0.29) is 18.3 Å². The molecule has 1 amide bonds. The third-order valence-corrected chi connectivity index (χ3v) is 3.96. The lowest BCUT2D eigenvalue weighted by Crippen LogP contribution is -2.49. The SMILES string of the molecule is CCC(N)(CC)CNC(=O)c1cc(OC)c(OC)cc1OC.Cl. The molecule has 0 heterocycles. The third-order valence-electron chi connectivity index (χ3n) is 3.96. The van der Waals surface area contributed by atoms with Crippen molar-refractivity contribution >= 4 is 18.3 Å². The minimum Gasteiger partial charge on any atom is -0.496 e. The highest BCUT2D eigenvalue weighted by Crippen LogP contribution is 2.34. The van der Waals surface area contributed by atoms with Gasteiger partial charge in [0.25, 0.3) is 5.91 Å². The van der Waals surface area contributed by atoms with E-state index in [4.69, 9.17) is 19.9 Å². The standard InChI is InChI=1S/C16H26N2O4.ClH/c1-6-16(17,7-2)10-18-15(19)11-8-13(21-4)14(22-5)9-12(11)20-3;/h8-9H,6-7,10,17H2,1-5H3,(H,18,19);1H. The largest absolute Gasteiger partial charge is 0.496 e. The van der Waals surface area contributed by atoms with Gasteiger partial charge in [0.2, 0.25) is 0 Å². The van der Waals surface area contributed by atoms with Crippen molar-refractivity contribution in [1.82, 2.24) is 5.32 Å². The number of hydrogen-bond donors (Lipinski definition) is 2. The van der Waals surface area contributed by atoms with Crippen LogP contribution in [-0.2, 0) is 0 Å². The van der Waals surface area contributed by atoms with E-state index < -0.39 is 5.54 Å². The first-order valence-corrected chi connectivity index (χ1v) is 7.31. The zero-order chi connectivity index (χ0) is 16.8. The van der Waals surface area contributed by atoms with E-state index in [1.54, 1.807) is 12.1 Å². The molecule has 0 fully saturated rings. The summed E-state index contributed by atoms with van der Waals surface area (Å²) in [7, 11) is 4.55. The summed E-state index contributed by atoms with van der Waals surface area (Å²) in [5, 5.41) is 2.86. The maximum Gasteiger partial charge on any atom is 0.255 e. The Labute approximate surface area is 144 Å². The van der Waals surface area contributed by atoms with Crippen LogP contribution in [0.15, 0.2) is 12.1 Å². The second kappa shape index (κ2) is 9.47. The fourth-order valence-electron chi connectivity index (χ4n) is 2.06. The molecule has 23 heavy (non-hydrogen) atoms.